The van der Waals surface area contributed by atoms with E-state index >= 15 is 0 Å². The highest BCUT2D eigenvalue weighted by molar-refractivity contribution is 7.89. The van der Waals surface area contributed by atoms with Crippen molar-refractivity contribution in [2.45, 2.75) is 36.7 Å². The molecule has 2 N–H and O–H groups in total. The smallest absolute Gasteiger partial charge is 0.243 e. The van der Waals surface area contributed by atoms with Gasteiger partial charge in [-0.1, -0.05) is 12.1 Å². The van der Waals surface area contributed by atoms with E-state index in [1.807, 2.05) is 0 Å². The van der Waals surface area contributed by atoms with Crippen molar-refractivity contribution in [3.8, 4) is 0 Å². The first-order valence-corrected chi connectivity index (χ1v) is 10.2. The summed E-state index contributed by atoms with van der Waals surface area (Å²) in [7, 11) is -3.47. The fourth-order valence-corrected chi connectivity index (χ4v) is 4.55. The lowest BCUT2D eigenvalue weighted by molar-refractivity contribution is -0.121. The Labute approximate surface area is 148 Å². The van der Waals surface area contributed by atoms with E-state index < -0.39 is 10.0 Å². The first-order chi connectivity index (χ1) is 12.1. The molecule has 1 atom stereocenters. The molecule has 0 radical (unpaired) electrons. The van der Waals surface area contributed by atoms with Gasteiger partial charge >= 0.3 is 0 Å². The molecule has 1 unspecified atom stereocenters. The number of amides is 1. The molecule has 2 heterocycles. The summed E-state index contributed by atoms with van der Waals surface area (Å²) in [4.78, 5) is 12.2. The molecule has 2 aliphatic heterocycles. The van der Waals surface area contributed by atoms with E-state index in [0.29, 0.717) is 39.3 Å². The van der Waals surface area contributed by atoms with E-state index in [0.717, 1.165) is 24.9 Å². The number of rotatable bonds is 6. The lowest BCUT2D eigenvalue weighted by atomic mass is 10.1. The van der Waals surface area contributed by atoms with Crippen LogP contribution in [0.3, 0.4) is 0 Å². The first-order valence-electron chi connectivity index (χ1n) is 8.72. The van der Waals surface area contributed by atoms with Crippen LogP contribution in [0.25, 0.3) is 0 Å². The second-order valence-corrected chi connectivity index (χ2v) is 8.37. The van der Waals surface area contributed by atoms with Gasteiger partial charge in [-0.3, -0.25) is 4.79 Å². The summed E-state index contributed by atoms with van der Waals surface area (Å²) in [6, 6.07) is 6.99. The number of carbonyl (C=O) groups is 1. The van der Waals surface area contributed by atoms with Crippen LogP contribution >= 0.6 is 0 Å². The van der Waals surface area contributed by atoms with Gasteiger partial charge in [0.05, 0.1) is 18.1 Å². The van der Waals surface area contributed by atoms with Crippen molar-refractivity contribution in [3.05, 3.63) is 29.8 Å². The van der Waals surface area contributed by atoms with Crippen molar-refractivity contribution in [1.29, 1.82) is 0 Å². The minimum Gasteiger partial charge on any atom is -0.379 e. The molecule has 2 fully saturated rings. The molecule has 0 saturated carbocycles. The van der Waals surface area contributed by atoms with E-state index in [2.05, 4.69) is 10.6 Å². The van der Waals surface area contributed by atoms with E-state index in [9.17, 15) is 13.2 Å². The Morgan fingerprint density at radius 1 is 1.24 bits per heavy atom. The van der Waals surface area contributed by atoms with E-state index in [1.165, 1.54) is 4.31 Å². The highest BCUT2D eigenvalue weighted by Crippen LogP contribution is 2.17. The Balaban J connectivity index is 1.53. The van der Waals surface area contributed by atoms with Crippen molar-refractivity contribution in [3.63, 3.8) is 0 Å². The van der Waals surface area contributed by atoms with Gasteiger partial charge in [0.1, 0.15) is 0 Å². The summed E-state index contributed by atoms with van der Waals surface area (Å²) in [6.45, 7) is 3.02. The molecular weight excluding hydrogens is 342 g/mol. The average Bonchev–Trinajstić information content (AvgIpc) is 3.14. The number of nitrogens with zero attached hydrogens (tertiary/aromatic N) is 1. The van der Waals surface area contributed by atoms with Crippen LogP contribution in [0.4, 0.5) is 0 Å². The molecule has 0 spiro atoms. The Hall–Kier alpha value is -1.48. The van der Waals surface area contributed by atoms with E-state index in [4.69, 9.17) is 4.74 Å². The molecule has 2 aliphatic rings. The first kappa shape index (κ1) is 18.3. The van der Waals surface area contributed by atoms with Crippen molar-refractivity contribution in [2.75, 3.05) is 32.8 Å². The van der Waals surface area contributed by atoms with Crippen molar-refractivity contribution in [1.82, 2.24) is 14.9 Å². The Morgan fingerprint density at radius 3 is 2.60 bits per heavy atom. The third-order valence-electron chi connectivity index (χ3n) is 4.62. The lowest BCUT2D eigenvalue weighted by Gasteiger charge is -2.26. The highest BCUT2D eigenvalue weighted by atomic mass is 32.2. The van der Waals surface area contributed by atoms with Crippen LogP contribution in [0.2, 0.25) is 0 Å². The zero-order valence-corrected chi connectivity index (χ0v) is 15.1. The molecule has 1 amide bonds. The monoisotopic (exact) mass is 367 g/mol. The van der Waals surface area contributed by atoms with Gasteiger partial charge < -0.3 is 15.4 Å². The summed E-state index contributed by atoms with van der Waals surface area (Å²) in [5.41, 5.74) is 0.883. The second-order valence-electron chi connectivity index (χ2n) is 6.43. The minimum atomic E-state index is -3.47. The molecule has 1 aromatic rings. The molecule has 8 heteroatoms. The van der Waals surface area contributed by atoms with Crippen LogP contribution in [0.15, 0.2) is 29.2 Å². The summed E-state index contributed by atoms with van der Waals surface area (Å²) in [6.07, 6.45) is 2.65. The summed E-state index contributed by atoms with van der Waals surface area (Å²) < 4.78 is 31.8. The van der Waals surface area contributed by atoms with Crippen LogP contribution in [0.5, 0.6) is 0 Å². The predicted molar refractivity (Wildman–Crippen MR) is 93.5 cm³/mol. The van der Waals surface area contributed by atoms with Crippen molar-refractivity contribution in [2.24, 2.45) is 0 Å². The Kier molecular flexibility index (Phi) is 6.06. The average molecular weight is 367 g/mol. The van der Waals surface area contributed by atoms with Gasteiger partial charge in [-0.05, 0) is 37.1 Å². The number of benzene rings is 1. The maximum absolute atomic E-state index is 12.6. The van der Waals surface area contributed by atoms with E-state index in [1.54, 1.807) is 24.3 Å². The summed E-state index contributed by atoms with van der Waals surface area (Å²) in [5, 5.41) is 6.19. The molecule has 0 aromatic heterocycles. The van der Waals surface area contributed by atoms with Gasteiger partial charge in [0.25, 0.3) is 0 Å². The van der Waals surface area contributed by atoms with Gasteiger partial charge in [-0.25, -0.2) is 8.42 Å². The second kappa shape index (κ2) is 8.27. The fourth-order valence-electron chi connectivity index (χ4n) is 3.14. The summed E-state index contributed by atoms with van der Waals surface area (Å²) in [5.74, 6) is 0.0180. The van der Waals surface area contributed by atoms with Crippen LogP contribution in [0, 0.1) is 0 Å². The molecule has 2 saturated heterocycles. The van der Waals surface area contributed by atoms with Crippen LogP contribution < -0.4 is 10.6 Å². The molecule has 3 rings (SSSR count). The van der Waals surface area contributed by atoms with Gasteiger partial charge in [-0.2, -0.15) is 4.31 Å². The maximum Gasteiger partial charge on any atom is 0.243 e. The number of nitrogens with one attached hydrogen (secondary N) is 2. The Morgan fingerprint density at radius 2 is 1.96 bits per heavy atom. The standard InChI is InChI=1S/C17H25N3O4S/c21-17(12-15-2-1-7-18-15)19-13-14-3-5-16(6-4-14)25(22,23)20-8-10-24-11-9-20/h3-6,15,18H,1-2,7-13H2,(H,19,21). The SMILES string of the molecule is O=C(CC1CCCN1)NCc1ccc(S(=O)(=O)N2CCOCC2)cc1. The maximum atomic E-state index is 12.6. The topological polar surface area (TPSA) is 87.7 Å². The largest absolute Gasteiger partial charge is 0.379 e. The lowest BCUT2D eigenvalue weighted by Crippen LogP contribution is -2.40. The zero-order chi connectivity index (χ0) is 17.7. The predicted octanol–water partition coefficient (Wildman–Crippen LogP) is 0.466. The molecule has 0 aliphatic carbocycles. The minimum absolute atomic E-state index is 0.0180. The Bertz CT molecular complexity index is 678. The van der Waals surface area contributed by atoms with Gasteiger partial charge in [0.15, 0.2) is 0 Å². The number of sulfonamides is 1. The van der Waals surface area contributed by atoms with Crippen LogP contribution in [-0.4, -0.2) is 57.5 Å². The van der Waals surface area contributed by atoms with Gasteiger partial charge in [0.2, 0.25) is 15.9 Å². The van der Waals surface area contributed by atoms with Gasteiger partial charge in [0, 0.05) is 32.1 Å². The van der Waals surface area contributed by atoms with Crippen molar-refractivity contribution >= 4 is 15.9 Å². The molecule has 0 bridgehead atoms. The number of hydrogen-bond acceptors (Lipinski definition) is 5. The molecule has 25 heavy (non-hydrogen) atoms. The molecule has 1 aromatic carbocycles. The summed E-state index contributed by atoms with van der Waals surface area (Å²) >= 11 is 0. The number of morpholine rings is 1. The third kappa shape index (κ3) is 4.78. The molecule has 138 valence electrons. The number of ether oxygens (including phenoxy) is 1. The van der Waals surface area contributed by atoms with Crippen LogP contribution in [-0.2, 0) is 26.1 Å². The normalized spacial score (nSPS) is 22.0. The van der Waals surface area contributed by atoms with Gasteiger partial charge in [-0.15, -0.1) is 0 Å². The zero-order valence-electron chi connectivity index (χ0n) is 14.2. The van der Waals surface area contributed by atoms with Crippen LogP contribution in [0.1, 0.15) is 24.8 Å². The third-order valence-corrected chi connectivity index (χ3v) is 6.53. The molecular formula is C17H25N3O4S. The number of hydrogen-bond donors (Lipinski definition) is 2. The quantitative estimate of drug-likeness (QED) is 0.763. The fraction of sp³-hybridized carbons (Fsp3) is 0.588. The van der Waals surface area contributed by atoms with E-state index in [-0.39, 0.29) is 16.8 Å². The van der Waals surface area contributed by atoms with Crippen molar-refractivity contribution < 1.29 is 17.9 Å². The molecule has 7 nitrogen and oxygen atoms in total. The highest BCUT2D eigenvalue weighted by Gasteiger charge is 2.26. The number of carbonyl (C=O) groups excluding carboxylic acids is 1.